The molecule has 1 aromatic carbocycles. The molecule has 0 bridgehead atoms. The number of hydrogen-bond donors (Lipinski definition) is 0. The van der Waals surface area contributed by atoms with Crippen LogP contribution in [0.1, 0.15) is 22.3 Å². The Morgan fingerprint density at radius 2 is 2.08 bits per heavy atom. The number of fused-ring (bicyclic) bond motifs is 2. The highest BCUT2D eigenvalue weighted by atomic mass is 14.7. The SMILES string of the molecule is C1=Cc2cc3c(cc2C1)CN=C3. The van der Waals surface area contributed by atoms with Crippen molar-refractivity contribution in [3.05, 3.63) is 40.5 Å². The fourth-order valence-corrected chi connectivity index (χ4v) is 1.87. The van der Waals surface area contributed by atoms with E-state index in [9.17, 15) is 0 Å². The summed E-state index contributed by atoms with van der Waals surface area (Å²) >= 11 is 0. The zero-order valence-electron chi connectivity index (χ0n) is 6.75. The zero-order chi connectivity index (χ0) is 7.97. The molecule has 1 nitrogen and oxygen atoms in total. The summed E-state index contributed by atoms with van der Waals surface area (Å²) < 4.78 is 0. The number of allylic oxidation sites excluding steroid dienone is 1. The van der Waals surface area contributed by atoms with Crippen molar-refractivity contribution in [2.24, 2.45) is 4.99 Å². The maximum atomic E-state index is 4.24. The van der Waals surface area contributed by atoms with Crippen LogP contribution >= 0.6 is 0 Å². The zero-order valence-corrected chi connectivity index (χ0v) is 6.75. The van der Waals surface area contributed by atoms with Crippen molar-refractivity contribution in [3.8, 4) is 0 Å². The summed E-state index contributed by atoms with van der Waals surface area (Å²) in [4.78, 5) is 4.24. The third-order valence-corrected chi connectivity index (χ3v) is 2.53. The van der Waals surface area contributed by atoms with Crippen LogP contribution in [0, 0.1) is 0 Å². The maximum absolute atomic E-state index is 4.24. The Kier molecular flexibility index (Phi) is 1.06. The Morgan fingerprint density at radius 3 is 3.08 bits per heavy atom. The van der Waals surface area contributed by atoms with Crippen LogP contribution in [0.15, 0.2) is 23.2 Å². The van der Waals surface area contributed by atoms with Gasteiger partial charge in [-0.3, -0.25) is 4.99 Å². The molecule has 0 spiro atoms. The predicted octanol–water partition coefficient (Wildman–Crippen LogP) is 2.19. The topological polar surface area (TPSA) is 12.4 Å². The molecule has 58 valence electrons. The Hall–Kier alpha value is -1.37. The quantitative estimate of drug-likeness (QED) is 0.544. The number of nitrogens with zero attached hydrogens (tertiary/aromatic N) is 1. The van der Waals surface area contributed by atoms with Crippen LogP contribution in [-0.4, -0.2) is 6.21 Å². The molecule has 1 aromatic rings. The predicted molar refractivity (Wildman–Crippen MR) is 50.5 cm³/mol. The van der Waals surface area contributed by atoms with E-state index in [1.807, 2.05) is 6.21 Å². The van der Waals surface area contributed by atoms with Crippen LogP contribution in [0.2, 0.25) is 0 Å². The normalized spacial score (nSPS) is 16.7. The summed E-state index contributed by atoms with van der Waals surface area (Å²) in [5.74, 6) is 0. The third-order valence-electron chi connectivity index (χ3n) is 2.53. The average Bonchev–Trinajstić information content (AvgIpc) is 2.64. The lowest BCUT2D eigenvalue weighted by atomic mass is 10.0. The number of benzene rings is 1. The van der Waals surface area contributed by atoms with Gasteiger partial charge in [-0.1, -0.05) is 18.2 Å². The van der Waals surface area contributed by atoms with E-state index in [0.29, 0.717) is 0 Å². The second-order valence-corrected chi connectivity index (χ2v) is 3.33. The molecule has 0 saturated heterocycles. The second-order valence-electron chi connectivity index (χ2n) is 3.33. The maximum Gasteiger partial charge on any atom is 0.0646 e. The summed E-state index contributed by atoms with van der Waals surface area (Å²) in [5, 5.41) is 0. The summed E-state index contributed by atoms with van der Waals surface area (Å²) in [6.45, 7) is 0.878. The van der Waals surface area contributed by atoms with Gasteiger partial charge < -0.3 is 0 Å². The Labute approximate surface area is 71.5 Å². The van der Waals surface area contributed by atoms with Crippen molar-refractivity contribution in [2.45, 2.75) is 13.0 Å². The van der Waals surface area contributed by atoms with Gasteiger partial charge in [0.2, 0.25) is 0 Å². The molecule has 1 aliphatic carbocycles. The van der Waals surface area contributed by atoms with Crippen LogP contribution in [-0.2, 0) is 13.0 Å². The number of aliphatic imine (C=N–C) groups is 1. The van der Waals surface area contributed by atoms with Crippen LogP contribution in [0.4, 0.5) is 0 Å². The monoisotopic (exact) mass is 155 g/mol. The summed E-state index contributed by atoms with van der Waals surface area (Å²) in [6, 6.07) is 4.53. The Balaban J connectivity index is 2.27. The molecule has 0 unspecified atom stereocenters. The van der Waals surface area contributed by atoms with Gasteiger partial charge in [0.1, 0.15) is 0 Å². The Bertz CT molecular complexity index is 364. The van der Waals surface area contributed by atoms with Gasteiger partial charge in [-0.15, -0.1) is 0 Å². The average molecular weight is 155 g/mol. The first-order valence-electron chi connectivity index (χ1n) is 4.26. The van der Waals surface area contributed by atoms with Crippen LogP contribution in [0.25, 0.3) is 6.08 Å². The minimum absolute atomic E-state index is 0.878. The van der Waals surface area contributed by atoms with E-state index >= 15 is 0 Å². The summed E-state index contributed by atoms with van der Waals surface area (Å²) in [5.41, 5.74) is 5.53. The molecule has 1 aliphatic heterocycles. The van der Waals surface area contributed by atoms with Gasteiger partial charge in [-0.05, 0) is 34.7 Å². The van der Waals surface area contributed by atoms with Gasteiger partial charge in [0.15, 0.2) is 0 Å². The Morgan fingerprint density at radius 1 is 1.08 bits per heavy atom. The van der Waals surface area contributed by atoms with Crippen LogP contribution in [0.5, 0.6) is 0 Å². The van der Waals surface area contributed by atoms with Crippen LogP contribution in [0.3, 0.4) is 0 Å². The minimum atomic E-state index is 0.878. The molecule has 12 heavy (non-hydrogen) atoms. The molecular weight excluding hydrogens is 146 g/mol. The minimum Gasteiger partial charge on any atom is -0.288 e. The molecule has 0 radical (unpaired) electrons. The molecule has 3 rings (SSSR count). The first kappa shape index (κ1) is 6.18. The standard InChI is InChI=1S/C11H9N/c1-2-8-4-10-6-12-7-11(10)5-9(8)3-1/h1-2,4-6H,3,7H2. The summed E-state index contributed by atoms with van der Waals surface area (Å²) in [6.07, 6.45) is 7.49. The molecule has 0 N–H and O–H groups in total. The van der Waals surface area contributed by atoms with Crippen molar-refractivity contribution >= 4 is 12.3 Å². The molecule has 0 aromatic heterocycles. The molecule has 2 aliphatic rings. The van der Waals surface area contributed by atoms with Gasteiger partial charge >= 0.3 is 0 Å². The second kappa shape index (κ2) is 2.07. The van der Waals surface area contributed by atoms with E-state index in [4.69, 9.17) is 0 Å². The van der Waals surface area contributed by atoms with Crippen molar-refractivity contribution in [3.63, 3.8) is 0 Å². The van der Waals surface area contributed by atoms with Gasteiger partial charge in [0.25, 0.3) is 0 Å². The number of rotatable bonds is 0. The fraction of sp³-hybridized carbons (Fsp3) is 0.182. The van der Waals surface area contributed by atoms with E-state index in [0.717, 1.165) is 13.0 Å². The lowest BCUT2D eigenvalue weighted by molar-refractivity contribution is 1.10. The molecule has 1 heteroatoms. The van der Waals surface area contributed by atoms with E-state index in [-0.39, 0.29) is 0 Å². The van der Waals surface area contributed by atoms with Crippen molar-refractivity contribution < 1.29 is 0 Å². The lowest BCUT2D eigenvalue weighted by Gasteiger charge is -2.02. The fourth-order valence-electron chi connectivity index (χ4n) is 1.87. The smallest absolute Gasteiger partial charge is 0.0646 e. The highest BCUT2D eigenvalue weighted by Crippen LogP contribution is 2.25. The number of hydrogen-bond acceptors (Lipinski definition) is 1. The lowest BCUT2D eigenvalue weighted by Crippen LogP contribution is -1.89. The van der Waals surface area contributed by atoms with Gasteiger partial charge in [0, 0.05) is 6.21 Å². The molecular formula is C11H9N. The van der Waals surface area contributed by atoms with E-state index in [2.05, 4.69) is 29.3 Å². The van der Waals surface area contributed by atoms with Gasteiger partial charge in [-0.2, -0.15) is 0 Å². The highest BCUT2D eigenvalue weighted by Gasteiger charge is 2.11. The van der Waals surface area contributed by atoms with Crippen LogP contribution < -0.4 is 0 Å². The van der Waals surface area contributed by atoms with Crippen molar-refractivity contribution in [2.75, 3.05) is 0 Å². The van der Waals surface area contributed by atoms with Crippen molar-refractivity contribution in [1.29, 1.82) is 0 Å². The van der Waals surface area contributed by atoms with E-state index in [1.165, 1.54) is 22.3 Å². The van der Waals surface area contributed by atoms with E-state index in [1.54, 1.807) is 0 Å². The van der Waals surface area contributed by atoms with Gasteiger partial charge in [0.05, 0.1) is 6.54 Å². The molecule has 0 fully saturated rings. The third kappa shape index (κ3) is 0.708. The first-order valence-corrected chi connectivity index (χ1v) is 4.26. The molecule has 0 amide bonds. The molecule has 0 atom stereocenters. The van der Waals surface area contributed by atoms with Crippen molar-refractivity contribution in [1.82, 2.24) is 0 Å². The first-order chi connectivity index (χ1) is 5.93. The largest absolute Gasteiger partial charge is 0.288 e. The molecule has 1 heterocycles. The molecule has 0 saturated carbocycles. The summed E-state index contributed by atoms with van der Waals surface area (Å²) in [7, 11) is 0. The van der Waals surface area contributed by atoms with Gasteiger partial charge in [-0.25, -0.2) is 0 Å². The highest BCUT2D eigenvalue weighted by molar-refractivity contribution is 5.86. The van der Waals surface area contributed by atoms with E-state index < -0.39 is 0 Å².